The number of hydrazine groups is 1. The van der Waals surface area contributed by atoms with Crippen molar-refractivity contribution in [3.8, 4) is 0 Å². The van der Waals surface area contributed by atoms with Gasteiger partial charge < -0.3 is 0 Å². The molecule has 0 radical (unpaired) electrons. The average molecular weight is 194 g/mol. The molecule has 1 amide bonds. The third-order valence-corrected chi connectivity index (χ3v) is 2.70. The molecule has 2 atom stereocenters. The van der Waals surface area contributed by atoms with Crippen molar-refractivity contribution in [1.82, 2.24) is 5.43 Å². The molecule has 2 rings (SSSR count). The molecule has 74 valence electrons. The average Bonchev–Trinajstić information content (AvgIpc) is 2.92. The Labute approximate surface area is 81.1 Å². The minimum absolute atomic E-state index is 0.222. The first kappa shape index (κ1) is 9.15. The van der Waals surface area contributed by atoms with Crippen LogP contribution >= 0.6 is 0 Å². The number of benzene rings is 1. The standard InChI is InChI=1S/C10H11FN2O/c11-8-6-10(8,9(14)13-12)7-4-2-1-3-5-7/h1-5,8H,6,12H2,(H,13,14)/t8-,10-/m0/s1. The Bertz CT molecular complexity index is 354. The van der Waals surface area contributed by atoms with Crippen LogP contribution in [0.15, 0.2) is 30.3 Å². The maximum absolute atomic E-state index is 13.2. The molecule has 0 aromatic heterocycles. The number of nitrogens with one attached hydrogen (secondary N) is 1. The monoisotopic (exact) mass is 194 g/mol. The third kappa shape index (κ3) is 1.11. The molecule has 1 fully saturated rings. The number of alkyl halides is 1. The summed E-state index contributed by atoms with van der Waals surface area (Å²) in [6.45, 7) is 0. The van der Waals surface area contributed by atoms with Crippen molar-refractivity contribution in [1.29, 1.82) is 0 Å². The summed E-state index contributed by atoms with van der Waals surface area (Å²) in [7, 11) is 0. The molecule has 3 nitrogen and oxygen atoms in total. The zero-order chi connectivity index (χ0) is 10.2. The van der Waals surface area contributed by atoms with E-state index in [0.717, 1.165) is 0 Å². The van der Waals surface area contributed by atoms with Crippen LogP contribution in [0.25, 0.3) is 0 Å². The van der Waals surface area contributed by atoms with E-state index >= 15 is 0 Å². The van der Waals surface area contributed by atoms with Gasteiger partial charge in [-0.15, -0.1) is 0 Å². The summed E-state index contributed by atoms with van der Waals surface area (Å²) < 4.78 is 13.2. The first-order valence-corrected chi connectivity index (χ1v) is 4.42. The number of hydrogen-bond donors (Lipinski definition) is 2. The van der Waals surface area contributed by atoms with Crippen molar-refractivity contribution in [2.45, 2.75) is 18.0 Å². The highest BCUT2D eigenvalue weighted by Crippen LogP contribution is 2.50. The molecule has 0 bridgehead atoms. The second-order valence-corrected chi connectivity index (χ2v) is 3.48. The topological polar surface area (TPSA) is 55.1 Å². The van der Waals surface area contributed by atoms with E-state index in [4.69, 9.17) is 5.84 Å². The molecule has 0 heterocycles. The lowest BCUT2D eigenvalue weighted by molar-refractivity contribution is -0.124. The number of halogens is 1. The second-order valence-electron chi connectivity index (χ2n) is 3.48. The Morgan fingerprint density at radius 3 is 2.50 bits per heavy atom. The van der Waals surface area contributed by atoms with Crippen molar-refractivity contribution < 1.29 is 9.18 Å². The lowest BCUT2D eigenvalue weighted by Gasteiger charge is -2.13. The summed E-state index contributed by atoms with van der Waals surface area (Å²) in [4.78, 5) is 11.4. The highest BCUT2D eigenvalue weighted by molar-refractivity contribution is 5.92. The van der Waals surface area contributed by atoms with Crippen LogP contribution in [0, 0.1) is 0 Å². The molecule has 3 N–H and O–H groups in total. The van der Waals surface area contributed by atoms with Gasteiger partial charge >= 0.3 is 0 Å². The lowest BCUT2D eigenvalue weighted by atomic mass is 9.95. The first-order valence-electron chi connectivity index (χ1n) is 4.42. The van der Waals surface area contributed by atoms with Crippen LogP contribution in [0.5, 0.6) is 0 Å². The molecule has 0 unspecified atom stereocenters. The van der Waals surface area contributed by atoms with Crippen molar-refractivity contribution in [3.05, 3.63) is 35.9 Å². The number of rotatable bonds is 2. The van der Waals surface area contributed by atoms with Crippen LogP contribution in [-0.2, 0) is 10.2 Å². The summed E-state index contributed by atoms with van der Waals surface area (Å²) in [6, 6.07) is 8.88. The molecule has 1 aliphatic rings. The van der Waals surface area contributed by atoms with Crippen molar-refractivity contribution in [3.63, 3.8) is 0 Å². The summed E-state index contributed by atoms with van der Waals surface area (Å²) in [6.07, 6.45) is -0.895. The molecule has 14 heavy (non-hydrogen) atoms. The van der Waals surface area contributed by atoms with Gasteiger partial charge in [0.2, 0.25) is 5.91 Å². The fraction of sp³-hybridized carbons (Fsp3) is 0.300. The van der Waals surface area contributed by atoms with Gasteiger partial charge in [-0.1, -0.05) is 30.3 Å². The minimum atomic E-state index is -1.12. The Balaban J connectivity index is 2.36. The quantitative estimate of drug-likeness (QED) is 0.412. The normalized spacial score (nSPS) is 29.7. The Hall–Kier alpha value is -1.42. The van der Waals surface area contributed by atoms with Gasteiger partial charge in [0.25, 0.3) is 0 Å². The van der Waals surface area contributed by atoms with Crippen molar-refractivity contribution in [2.24, 2.45) is 5.84 Å². The molecule has 0 aliphatic heterocycles. The van der Waals surface area contributed by atoms with E-state index in [0.29, 0.717) is 5.56 Å². The molecule has 0 saturated heterocycles. The predicted octanol–water partition coefficient (Wildman–Crippen LogP) is 0.656. The zero-order valence-corrected chi connectivity index (χ0v) is 7.53. The smallest absolute Gasteiger partial charge is 0.247 e. The predicted molar refractivity (Wildman–Crippen MR) is 50.0 cm³/mol. The largest absolute Gasteiger partial charge is 0.293 e. The van der Waals surface area contributed by atoms with E-state index in [1.807, 2.05) is 11.5 Å². The summed E-state index contributed by atoms with van der Waals surface area (Å²) in [5.41, 5.74) is 1.68. The minimum Gasteiger partial charge on any atom is -0.293 e. The Morgan fingerprint density at radius 1 is 1.50 bits per heavy atom. The molecule has 1 aromatic carbocycles. The highest BCUT2D eigenvalue weighted by Gasteiger charge is 2.62. The molecule has 0 spiro atoms. The van der Waals surface area contributed by atoms with Crippen LogP contribution in [0.3, 0.4) is 0 Å². The highest BCUT2D eigenvalue weighted by atomic mass is 19.1. The van der Waals surface area contributed by atoms with Crippen molar-refractivity contribution >= 4 is 5.91 Å². The van der Waals surface area contributed by atoms with E-state index in [1.54, 1.807) is 24.3 Å². The second kappa shape index (κ2) is 3.06. The van der Waals surface area contributed by atoms with Crippen LogP contribution in [0.1, 0.15) is 12.0 Å². The van der Waals surface area contributed by atoms with E-state index in [2.05, 4.69) is 0 Å². The van der Waals surface area contributed by atoms with Gasteiger partial charge in [0.05, 0.1) is 0 Å². The Kier molecular flexibility index (Phi) is 2.00. The fourth-order valence-corrected chi connectivity index (χ4v) is 1.75. The van der Waals surface area contributed by atoms with Gasteiger partial charge in [0.1, 0.15) is 11.6 Å². The van der Waals surface area contributed by atoms with Crippen LogP contribution in [0.4, 0.5) is 4.39 Å². The van der Waals surface area contributed by atoms with Crippen molar-refractivity contribution in [2.75, 3.05) is 0 Å². The lowest BCUT2D eigenvalue weighted by Crippen LogP contribution is -2.40. The summed E-state index contributed by atoms with van der Waals surface area (Å²) >= 11 is 0. The molecule has 4 heteroatoms. The summed E-state index contributed by atoms with van der Waals surface area (Å²) in [5, 5.41) is 0. The van der Waals surface area contributed by atoms with Crippen LogP contribution in [0.2, 0.25) is 0 Å². The van der Waals surface area contributed by atoms with E-state index in [9.17, 15) is 9.18 Å². The van der Waals surface area contributed by atoms with E-state index < -0.39 is 17.5 Å². The first-order chi connectivity index (χ1) is 6.71. The fourth-order valence-electron chi connectivity index (χ4n) is 1.75. The summed E-state index contributed by atoms with van der Waals surface area (Å²) in [5.74, 6) is 4.58. The molecule has 1 saturated carbocycles. The molecule has 1 aromatic rings. The van der Waals surface area contributed by atoms with Gasteiger partial charge in [-0.25, -0.2) is 10.2 Å². The van der Waals surface area contributed by atoms with Gasteiger partial charge in [-0.3, -0.25) is 10.2 Å². The maximum atomic E-state index is 13.2. The van der Waals surface area contributed by atoms with Crippen LogP contribution in [-0.4, -0.2) is 12.1 Å². The van der Waals surface area contributed by atoms with Crippen LogP contribution < -0.4 is 11.3 Å². The van der Waals surface area contributed by atoms with Gasteiger partial charge in [-0.2, -0.15) is 0 Å². The zero-order valence-electron chi connectivity index (χ0n) is 7.53. The number of nitrogens with two attached hydrogens (primary N) is 1. The number of carbonyl (C=O) groups is 1. The van der Waals surface area contributed by atoms with Gasteiger partial charge in [0, 0.05) is 6.42 Å². The number of hydrogen-bond acceptors (Lipinski definition) is 2. The SMILES string of the molecule is NNC(=O)[C@]1(c2ccccc2)C[C@@H]1F. The molecular formula is C10H11FN2O. The van der Waals surface area contributed by atoms with E-state index in [1.165, 1.54) is 0 Å². The molecular weight excluding hydrogens is 183 g/mol. The van der Waals surface area contributed by atoms with Gasteiger partial charge in [0.15, 0.2) is 0 Å². The third-order valence-electron chi connectivity index (χ3n) is 2.70. The number of amides is 1. The number of carbonyl (C=O) groups excluding carboxylic acids is 1. The molecule has 1 aliphatic carbocycles. The van der Waals surface area contributed by atoms with Gasteiger partial charge in [-0.05, 0) is 5.56 Å². The van der Waals surface area contributed by atoms with E-state index in [-0.39, 0.29) is 6.42 Å². The maximum Gasteiger partial charge on any atom is 0.247 e. The Morgan fingerprint density at radius 2 is 2.07 bits per heavy atom.